The summed E-state index contributed by atoms with van der Waals surface area (Å²) in [5.41, 5.74) is 6.06. The van der Waals surface area contributed by atoms with Gasteiger partial charge in [0.15, 0.2) is 0 Å². The number of halogens is 2. The Bertz CT molecular complexity index is 309. The van der Waals surface area contributed by atoms with Crippen LogP contribution in [0.3, 0.4) is 0 Å². The predicted octanol–water partition coefficient (Wildman–Crippen LogP) is 1.64. The molecule has 1 aromatic rings. The first kappa shape index (κ1) is 14.2. The van der Waals surface area contributed by atoms with E-state index in [-0.39, 0.29) is 19.0 Å². The molecular weight excluding hydrogens is 221 g/mol. The van der Waals surface area contributed by atoms with Crippen molar-refractivity contribution in [2.24, 2.45) is 5.73 Å². The summed E-state index contributed by atoms with van der Waals surface area (Å²) in [5.74, 6) is 0.0627. The van der Waals surface area contributed by atoms with Gasteiger partial charge in [-0.25, -0.2) is 4.39 Å². The number of ether oxygens (including phenoxy) is 1. The molecule has 0 saturated carbocycles. The van der Waals surface area contributed by atoms with Crippen molar-refractivity contribution in [3.63, 3.8) is 0 Å². The normalized spacial score (nSPS) is 11.7. The summed E-state index contributed by atoms with van der Waals surface area (Å²) in [6.45, 7) is -0.0490. The Morgan fingerprint density at radius 2 is 2.20 bits per heavy atom. The van der Waals surface area contributed by atoms with Gasteiger partial charge >= 0.3 is 0 Å². The maximum absolute atomic E-state index is 13.4. The van der Waals surface area contributed by atoms with Gasteiger partial charge in [0.2, 0.25) is 0 Å². The average molecular weight is 236 g/mol. The Labute approximate surface area is 94.5 Å². The molecule has 0 aliphatic heterocycles. The van der Waals surface area contributed by atoms with Crippen LogP contribution in [-0.4, -0.2) is 18.8 Å². The fourth-order valence-electron chi connectivity index (χ4n) is 1.23. The fourth-order valence-corrected chi connectivity index (χ4v) is 1.23. The standard InChI is InChI=1S/C10H14FNO2.ClH/c1-14-7-2-3-8(9(11)6-7)10(12)4-5-13;/h2-3,6,10,13H,4-5,12H2,1H3;1H/t10-;/m1./s1. The molecule has 0 aromatic heterocycles. The van der Waals surface area contributed by atoms with Gasteiger partial charge in [0.1, 0.15) is 11.6 Å². The van der Waals surface area contributed by atoms with Gasteiger partial charge in [-0.15, -0.1) is 12.4 Å². The molecule has 0 radical (unpaired) electrons. The zero-order valence-corrected chi connectivity index (χ0v) is 9.26. The van der Waals surface area contributed by atoms with Crippen molar-refractivity contribution in [1.82, 2.24) is 0 Å². The van der Waals surface area contributed by atoms with Crippen LogP contribution in [0.2, 0.25) is 0 Å². The van der Waals surface area contributed by atoms with E-state index in [0.717, 1.165) is 0 Å². The van der Waals surface area contributed by atoms with E-state index in [1.165, 1.54) is 13.2 Å². The summed E-state index contributed by atoms with van der Waals surface area (Å²) in [4.78, 5) is 0. The number of benzene rings is 1. The molecular formula is C10H15ClFNO2. The van der Waals surface area contributed by atoms with E-state index in [0.29, 0.717) is 17.7 Å². The molecule has 5 heteroatoms. The van der Waals surface area contributed by atoms with Crippen LogP contribution in [-0.2, 0) is 0 Å². The lowest BCUT2D eigenvalue weighted by Gasteiger charge is -2.12. The van der Waals surface area contributed by atoms with Gasteiger partial charge < -0.3 is 15.6 Å². The summed E-state index contributed by atoms with van der Waals surface area (Å²) >= 11 is 0. The number of nitrogens with two attached hydrogens (primary N) is 1. The molecule has 15 heavy (non-hydrogen) atoms. The molecule has 1 aromatic carbocycles. The first-order valence-electron chi connectivity index (χ1n) is 4.39. The van der Waals surface area contributed by atoms with Crippen LogP contribution in [0.4, 0.5) is 4.39 Å². The third kappa shape index (κ3) is 3.66. The molecule has 0 unspecified atom stereocenters. The van der Waals surface area contributed by atoms with Crippen LogP contribution in [0.15, 0.2) is 18.2 Å². The van der Waals surface area contributed by atoms with E-state index < -0.39 is 11.9 Å². The van der Waals surface area contributed by atoms with Gasteiger partial charge in [0.25, 0.3) is 0 Å². The molecule has 0 bridgehead atoms. The third-order valence-electron chi connectivity index (χ3n) is 2.05. The van der Waals surface area contributed by atoms with Crippen molar-refractivity contribution in [1.29, 1.82) is 0 Å². The minimum absolute atomic E-state index is 0. The molecule has 1 atom stereocenters. The Morgan fingerprint density at radius 3 is 2.67 bits per heavy atom. The van der Waals surface area contributed by atoms with E-state index in [9.17, 15) is 4.39 Å². The second-order valence-electron chi connectivity index (χ2n) is 3.01. The van der Waals surface area contributed by atoms with E-state index >= 15 is 0 Å². The van der Waals surface area contributed by atoms with Gasteiger partial charge in [-0.1, -0.05) is 6.07 Å². The van der Waals surface area contributed by atoms with Crippen LogP contribution in [0.25, 0.3) is 0 Å². The lowest BCUT2D eigenvalue weighted by molar-refractivity contribution is 0.275. The Morgan fingerprint density at radius 1 is 1.53 bits per heavy atom. The van der Waals surface area contributed by atoms with Gasteiger partial charge in [0, 0.05) is 24.3 Å². The number of aliphatic hydroxyl groups is 1. The van der Waals surface area contributed by atoms with Crippen molar-refractivity contribution in [2.75, 3.05) is 13.7 Å². The highest BCUT2D eigenvalue weighted by Gasteiger charge is 2.11. The molecule has 86 valence electrons. The molecule has 0 amide bonds. The molecule has 3 N–H and O–H groups in total. The maximum Gasteiger partial charge on any atom is 0.131 e. The second kappa shape index (κ2) is 6.61. The largest absolute Gasteiger partial charge is 0.497 e. The van der Waals surface area contributed by atoms with E-state index in [1.807, 2.05) is 0 Å². The predicted molar refractivity (Wildman–Crippen MR) is 58.8 cm³/mol. The quantitative estimate of drug-likeness (QED) is 0.834. The SMILES string of the molecule is COc1ccc([C@H](N)CCO)c(F)c1.Cl. The molecule has 0 aliphatic rings. The number of methoxy groups -OCH3 is 1. The topological polar surface area (TPSA) is 55.5 Å². The summed E-state index contributed by atoms with van der Waals surface area (Å²) < 4.78 is 18.2. The van der Waals surface area contributed by atoms with Crippen molar-refractivity contribution in [3.8, 4) is 5.75 Å². The summed E-state index contributed by atoms with van der Waals surface area (Å²) in [5, 5.41) is 8.66. The highest BCUT2D eigenvalue weighted by molar-refractivity contribution is 5.85. The Kier molecular flexibility index (Phi) is 6.24. The molecule has 0 spiro atoms. The zero-order valence-electron chi connectivity index (χ0n) is 8.44. The van der Waals surface area contributed by atoms with E-state index in [4.69, 9.17) is 15.6 Å². The second-order valence-corrected chi connectivity index (χ2v) is 3.01. The van der Waals surface area contributed by atoms with Crippen molar-refractivity contribution < 1.29 is 14.2 Å². The summed E-state index contributed by atoms with van der Waals surface area (Å²) in [6, 6.07) is 4.04. The first-order valence-corrected chi connectivity index (χ1v) is 4.39. The molecule has 0 fully saturated rings. The van der Waals surface area contributed by atoms with Crippen molar-refractivity contribution in [3.05, 3.63) is 29.6 Å². The van der Waals surface area contributed by atoms with Crippen molar-refractivity contribution in [2.45, 2.75) is 12.5 Å². The van der Waals surface area contributed by atoms with E-state index in [1.54, 1.807) is 12.1 Å². The zero-order chi connectivity index (χ0) is 10.6. The summed E-state index contributed by atoms with van der Waals surface area (Å²) in [7, 11) is 1.47. The van der Waals surface area contributed by atoms with E-state index in [2.05, 4.69) is 0 Å². The third-order valence-corrected chi connectivity index (χ3v) is 2.05. The highest BCUT2D eigenvalue weighted by atomic mass is 35.5. The molecule has 0 aliphatic carbocycles. The minimum Gasteiger partial charge on any atom is -0.497 e. The molecule has 0 saturated heterocycles. The molecule has 3 nitrogen and oxygen atoms in total. The van der Waals surface area contributed by atoms with Crippen LogP contribution in [0.1, 0.15) is 18.0 Å². The number of hydrogen-bond acceptors (Lipinski definition) is 3. The summed E-state index contributed by atoms with van der Waals surface area (Å²) in [6.07, 6.45) is 0.350. The van der Waals surface area contributed by atoms with Crippen LogP contribution >= 0.6 is 12.4 Å². The van der Waals surface area contributed by atoms with Crippen LogP contribution < -0.4 is 10.5 Å². The molecule has 0 heterocycles. The minimum atomic E-state index is -0.467. The number of rotatable bonds is 4. The Balaban J connectivity index is 0.00000196. The smallest absolute Gasteiger partial charge is 0.131 e. The van der Waals surface area contributed by atoms with Gasteiger partial charge in [-0.05, 0) is 12.5 Å². The Hall–Kier alpha value is -0.840. The maximum atomic E-state index is 13.4. The number of aliphatic hydroxyl groups excluding tert-OH is 1. The highest BCUT2D eigenvalue weighted by Crippen LogP contribution is 2.21. The number of hydrogen-bond donors (Lipinski definition) is 2. The van der Waals surface area contributed by atoms with Crippen LogP contribution in [0.5, 0.6) is 5.75 Å². The van der Waals surface area contributed by atoms with Crippen molar-refractivity contribution >= 4 is 12.4 Å². The fraction of sp³-hybridized carbons (Fsp3) is 0.400. The van der Waals surface area contributed by atoms with Gasteiger partial charge in [-0.2, -0.15) is 0 Å². The van der Waals surface area contributed by atoms with Crippen LogP contribution in [0, 0.1) is 5.82 Å². The average Bonchev–Trinajstić information content (AvgIpc) is 2.17. The van der Waals surface area contributed by atoms with Gasteiger partial charge in [-0.3, -0.25) is 0 Å². The lowest BCUT2D eigenvalue weighted by Crippen LogP contribution is -2.13. The molecule has 1 rings (SSSR count). The van der Waals surface area contributed by atoms with Gasteiger partial charge in [0.05, 0.1) is 7.11 Å². The monoisotopic (exact) mass is 235 g/mol. The first-order chi connectivity index (χ1) is 6.69. The lowest BCUT2D eigenvalue weighted by atomic mass is 10.0.